The third-order valence-electron chi connectivity index (χ3n) is 5.13. The third-order valence-corrected chi connectivity index (χ3v) is 5.88. The Balaban J connectivity index is 1.62. The van der Waals surface area contributed by atoms with Gasteiger partial charge in [-0.15, -0.1) is 0 Å². The molecule has 1 N–H and O–H groups in total. The lowest BCUT2D eigenvalue weighted by atomic mass is 9.96. The maximum Gasteiger partial charge on any atom is 0.217 e. The number of phenols is 1. The van der Waals surface area contributed by atoms with Gasteiger partial charge in [-0.3, -0.25) is 0 Å². The number of para-hydroxylation sites is 1. The summed E-state index contributed by atoms with van der Waals surface area (Å²) >= 11 is 9.53. The van der Waals surface area contributed by atoms with Crippen LogP contribution in [0, 0.1) is 0 Å². The second-order valence-electron chi connectivity index (χ2n) is 6.86. The maximum atomic E-state index is 10.5. The van der Waals surface area contributed by atoms with E-state index in [-0.39, 0.29) is 11.8 Å². The molecule has 2 aliphatic rings. The molecule has 5 rings (SSSR count). The minimum absolute atomic E-state index is 0.0407. The number of fused-ring (bicyclic) bond motifs is 3. The van der Waals surface area contributed by atoms with Gasteiger partial charge in [-0.2, -0.15) is 5.10 Å². The van der Waals surface area contributed by atoms with Gasteiger partial charge in [0.1, 0.15) is 11.5 Å². The number of phenolic OH excluding ortho intramolecular Hbond substituents is 1. The van der Waals surface area contributed by atoms with E-state index in [2.05, 4.69) is 22.0 Å². The van der Waals surface area contributed by atoms with E-state index in [1.165, 1.54) is 0 Å². The first kappa shape index (κ1) is 17.6. The van der Waals surface area contributed by atoms with Crippen molar-refractivity contribution in [2.75, 3.05) is 0 Å². The van der Waals surface area contributed by atoms with Crippen molar-refractivity contribution in [3.05, 3.63) is 92.9 Å². The summed E-state index contributed by atoms with van der Waals surface area (Å²) in [6.45, 7) is 0. The molecule has 2 atom stereocenters. The van der Waals surface area contributed by atoms with Crippen LogP contribution in [0.4, 0.5) is 0 Å². The van der Waals surface area contributed by atoms with E-state index in [9.17, 15) is 5.11 Å². The molecule has 0 radical (unpaired) electrons. The van der Waals surface area contributed by atoms with Gasteiger partial charge in [0.15, 0.2) is 0 Å². The van der Waals surface area contributed by atoms with E-state index in [0.29, 0.717) is 10.6 Å². The summed E-state index contributed by atoms with van der Waals surface area (Å²) in [5.74, 6) is 1.00. The van der Waals surface area contributed by atoms with Crippen molar-refractivity contribution >= 4 is 33.2 Å². The molecule has 0 spiro atoms. The molecule has 6 heteroatoms. The average molecular weight is 456 g/mol. The van der Waals surface area contributed by atoms with Crippen molar-refractivity contribution < 1.29 is 9.84 Å². The fourth-order valence-corrected chi connectivity index (χ4v) is 4.28. The zero-order chi connectivity index (χ0) is 19.3. The minimum Gasteiger partial charge on any atom is -0.507 e. The Kier molecular flexibility index (Phi) is 4.29. The van der Waals surface area contributed by atoms with Crippen LogP contribution in [0.25, 0.3) is 0 Å². The van der Waals surface area contributed by atoms with Crippen molar-refractivity contribution in [1.29, 1.82) is 0 Å². The van der Waals surface area contributed by atoms with Gasteiger partial charge < -0.3 is 9.84 Å². The first-order chi connectivity index (χ1) is 13.6. The molecule has 2 unspecified atom stereocenters. The lowest BCUT2D eigenvalue weighted by Crippen LogP contribution is -2.33. The van der Waals surface area contributed by atoms with Crippen molar-refractivity contribution in [2.24, 2.45) is 5.10 Å². The molecule has 2 heterocycles. The molecular formula is C22H16BrClN2O2. The van der Waals surface area contributed by atoms with Crippen molar-refractivity contribution in [1.82, 2.24) is 5.01 Å². The second-order valence-corrected chi connectivity index (χ2v) is 8.22. The lowest BCUT2D eigenvalue weighted by Gasteiger charge is -2.38. The van der Waals surface area contributed by atoms with Gasteiger partial charge >= 0.3 is 0 Å². The highest BCUT2D eigenvalue weighted by Crippen LogP contribution is 2.48. The zero-order valence-corrected chi connectivity index (χ0v) is 17.1. The lowest BCUT2D eigenvalue weighted by molar-refractivity contribution is -0.0203. The van der Waals surface area contributed by atoms with E-state index in [4.69, 9.17) is 21.4 Å². The van der Waals surface area contributed by atoms with E-state index >= 15 is 0 Å². The van der Waals surface area contributed by atoms with Crippen LogP contribution in [0.15, 0.2) is 76.3 Å². The number of hydrogen-bond acceptors (Lipinski definition) is 4. The normalized spacial score (nSPS) is 20.2. The van der Waals surface area contributed by atoms with E-state index in [0.717, 1.165) is 33.5 Å². The Labute approximate surface area is 176 Å². The molecule has 28 heavy (non-hydrogen) atoms. The highest BCUT2D eigenvalue weighted by molar-refractivity contribution is 9.10. The Morgan fingerprint density at radius 2 is 1.82 bits per heavy atom. The summed E-state index contributed by atoms with van der Waals surface area (Å²) in [5, 5.41) is 18.0. The molecule has 2 aliphatic heterocycles. The molecule has 3 aromatic rings. The van der Waals surface area contributed by atoms with Crippen LogP contribution in [0.2, 0.25) is 5.02 Å². The van der Waals surface area contributed by atoms with Gasteiger partial charge in [0.05, 0.1) is 17.3 Å². The summed E-state index contributed by atoms with van der Waals surface area (Å²) in [4.78, 5) is 0. The van der Waals surface area contributed by atoms with E-state index in [1.54, 1.807) is 12.1 Å². The SMILES string of the molecule is Oc1ccc(Br)cc1C1Oc2ccccc2C2CC(c3ccc(Cl)cc3)=NN21. The van der Waals surface area contributed by atoms with Gasteiger partial charge in [0, 0.05) is 21.5 Å². The predicted molar refractivity (Wildman–Crippen MR) is 113 cm³/mol. The van der Waals surface area contributed by atoms with E-state index in [1.807, 2.05) is 53.5 Å². The van der Waals surface area contributed by atoms with Gasteiger partial charge in [0.25, 0.3) is 0 Å². The number of aromatic hydroxyl groups is 1. The van der Waals surface area contributed by atoms with Gasteiger partial charge in [-0.05, 0) is 42.0 Å². The van der Waals surface area contributed by atoms with Gasteiger partial charge in [-0.25, -0.2) is 5.01 Å². The van der Waals surface area contributed by atoms with E-state index < -0.39 is 6.23 Å². The fraction of sp³-hybridized carbons (Fsp3) is 0.136. The Hall–Kier alpha value is -2.50. The predicted octanol–water partition coefficient (Wildman–Crippen LogP) is 6.05. The second kappa shape index (κ2) is 6.83. The molecule has 0 fully saturated rings. The van der Waals surface area contributed by atoms with Crippen LogP contribution in [-0.4, -0.2) is 15.8 Å². The summed E-state index contributed by atoms with van der Waals surface area (Å²) in [6.07, 6.45) is 0.245. The summed E-state index contributed by atoms with van der Waals surface area (Å²) in [7, 11) is 0. The van der Waals surface area contributed by atoms with Crippen LogP contribution in [0.1, 0.15) is 35.4 Å². The molecule has 0 saturated heterocycles. The molecular weight excluding hydrogens is 440 g/mol. The monoisotopic (exact) mass is 454 g/mol. The first-order valence-corrected chi connectivity index (χ1v) is 10.1. The number of halogens is 2. The largest absolute Gasteiger partial charge is 0.507 e. The number of rotatable bonds is 2. The molecule has 140 valence electrons. The van der Waals surface area contributed by atoms with Crippen LogP contribution in [-0.2, 0) is 0 Å². The number of nitrogens with zero attached hydrogens (tertiary/aromatic N) is 2. The molecule has 0 aromatic heterocycles. The number of benzene rings is 3. The van der Waals surface area contributed by atoms with Gasteiger partial charge in [-0.1, -0.05) is 57.9 Å². The Morgan fingerprint density at radius 1 is 1.04 bits per heavy atom. The van der Waals surface area contributed by atoms with Crippen LogP contribution in [0.3, 0.4) is 0 Å². The highest BCUT2D eigenvalue weighted by Gasteiger charge is 2.41. The smallest absolute Gasteiger partial charge is 0.217 e. The first-order valence-electron chi connectivity index (χ1n) is 8.96. The maximum absolute atomic E-state index is 10.5. The van der Waals surface area contributed by atoms with Crippen molar-refractivity contribution in [2.45, 2.75) is 18.7 Å². The quantitative estimate of drug-likeness (QED) is 0.511. The molecule has 0 bridgehead atoms. The van der Waals surface area contributed by atoms with Crippen LogP contribution < -0.4 is 4.74 Å². The Bertz CT molecular complexity index is 1080. The Morgan fingerprint density at radius 3 is 2.64 bits per heavy atom. The van der Waals surface area contributed by atoms with Crippen LogP contribution in [0.5, 0.6) is 11.5 Å². The molecule has 0 amide bonds. The van der Waals surface area contributed by atoms with Gasteiger partial charge in [0.2, 0.25) is 6.23 Å². The summed E-state index contributed by atoms with van der Waals surface area (Å²) < 4.78 is 7.16. The van der Waals surface area contributed by atoms with Crippen LogP contribution >= 0.6 is 27.5 Å². The fourth-order valence-electron chi connectivity index (χ4n) is 3.78. The molecule has 0 aliphatic carbocycles. The third kappa shape index (κ3) is 2.95. The minimum atomic E-state index is -0.512. The molecule has 0 saturated carbocycles. The number of ether oxygens (including phenoxy) is 1. The van der Waals surface area contributed by atoms with Crippen molar-refractivity contribution in [3.63, 3.8) is 0 Å². The standard InChI is InChI=1S/C22H16BrClN2O2/c23-14-7-10-20(27)17(11-14)22-26-19(16-3-1-2-4-21(16)28-22)12-18(25-26)13-5-8-15(24)9-6-13/h1-11,19,22,27H,12H2. The highest BCUT2D eigenvalue weighted by atomic mass is 79.9. The molecule has 3 aromatic carbocycles. The number of hydrazone groups is 1. The topological polar surface area (TPSA) is 45.1 Å². The molecule has 4 nitrogen and oxygen atoms in total. The number of hydrogen-bond donors (Lipinski definition) is 1. The summed E-state index contributed by atoms with van der Waals surface area (Å²) in [5.41, 5.74) is 3.78. The van der Waals surface area contributed by atoms with Crippen molar-refractivity contribution in [3.8, 4) is 11.5 Å². The average Bonchev–Trinajstić information content (AvgIpc) is 3.15. The summed E-state index contributed by atoms with van der Waals surface area (Å²) in [6, 6.07) is 21.1. The zero-order valence-electron chi connectivity index (χ0n) is 14.7.